The quantitative estimate of drug-likeness (QED) is 0.673. The van der Waals surface area contributed by atoms with Gasteiger partial charge >= 0.3 is 0 Å². The van der Waals surface area contributed by atoms with Crippen LogP contribution in [0.15, 0.2) is 0 Å². The average molecular weight is 214 g/mol. The molecule has 0 aromatic rings. The Balaban J connectivity index is 4.70. The van der Waals surface area contributed by atoms with Crippen molar-refractivity contribution in [3.05, 3.63) is 0 Å². The van der Waals surface area contributed by atoms with Crippen LogP contribution in [0.2, 0.25) is 0 Å². The van der Waals surface area contributed by atoms with E-state index in [0.717, 1.165) is 0 Å². The van der Waals surface area contributed by atoms with Gasteiger partial charge in [-0.3, -0.25) is 0 Å². The third-order valence-electron chi connectivity index (χ3n) is 1.34. The van der Waals surface area contributed by atoms with Gasteiger partial charge in [-0.1, -0.05) is 4.08 Å². The zero-order valence-corrected chi connectivity index (χ0v) is 9.69. The molecule has 74 valence electrons. The molecule has 0 heterocycles. The van der Waals surface area contributed by atoms with Crippen LogP contribution in [0.5, 0.6) is 0 Å². The predicted molar refractivity (Wildman–Crippen MR) is 53.3 cm³/mol. The molecule has 0 aromatic heterocycles. The number of sulfonamides is 1. The fourth-order valence-electron chi connectivity index (χ4n) is 0.996. The first-order valence-corrected chi connectivity index (χ1v) is 8.53. The Hall–Kier alpha value is 0.300. The number of rotatable bonds is 4. The van der Waals surface area contributed by atoms with Crippen LogP contribution >= 0.6 is 7.41 Å². The van der Waals surface area contributed by atoms with Gasteiger partial charge in [0, 0.05) is 0 Å². The largest absolute Gasteiger partial charge is 0.395 e. The van der Waals surface area contributed by atoms with Crippen LogP contribution < -0.4 is 0 Å². The van der Waals surface area contributed by atoms with Gasteiger partial charge in [0.15, 0.2) is 0 Å². The molecule has 12 heavy (non-hydrogen) atoms. The molecule has 0 aliphatic carbocycles. The lowest BCUT2D eigenvalue weighted by molar-refractivity contribution is 0.283. The smallest absolute Gasteiger partial charge is 0.240 e. The van der Waals surface area contributed by atoms with Gasteiger partial charge in [-0.25, -0.2) is 8.42 Å². The second kappa shape index (κ2) is 4.01. The maximum absolute atomic E-state index is 11.2. The zero-order chi connectivity index (χ0) is 9.99. The Morgan fingerprint density at radius 1 is 1.33 bits per heavy atom. The molecule has 0 bridgehead atoms. The first-order chi connectivity index (χ1) is 5.19. The lowest BCUT2D eigenvalue weighted by Gasteiger charge is -2.24. The molecule has 0 amide bonds. The van der Waals surface area contributed by atoms with Gasteiger partial charge in [-0.15, -0.1) is 0 Å². The first kappa shape index (κ1) is 12.3. The van der Waals surface area contributed by atoms with Crippen LogP contribution in [0.1, 0.15) is 0 Å². The van der Waals surface area contributed by atoms with Crippen molar-refractivity contribution in [2.24, 2.45) is 0 Å². The summed E-state index contributed by atoms with van der Waals surface area (Å²) in [5, 5.41) is 8.68. The Labute approximate surface area is 75.0 Å². The van der Waals surface area contributed by atoms with Crippen LogP contribution in [-0.2, 0) is 10.0 Å². The van der Waals surface area contributed by atoms with Gasteiger partial charge < -0.3 is 5.11 Å². The number of nitrogens with zero attached hydrogens (tertiary/aromatic N) is 1. The number of hydrogen-bond donors (Lipinski definition) is 1. The predicted octanol–water partition coefficient (Wildman–Crippen LogP) is 0.0623. The molecule has 0 saturated carbocycles. The molecule has 0 spiro atoms. The standard InChI is InChI=1S/C6H17NO3PS/c1-11(2,3)7(5-6-8)12(4,9)10/h8H,5-6H2,1-4H3/q+1. The SMILES string of the molecule is C[P+](C)(C)N(CCO)S(C)(=O)=O. The van der Waals surface area contributed by atoms with Crippen molar-refractivity contribution in [2.45, 2.75) is 0 Å². The van der Waals surface area contributed by atoms with Crippen molar-refractivity contribution in [3.63, 3.8) is 0 Å². The second-order valence-corrected chi connectivity index (χ2v) is 10.0. The molecule has 0 saturated heterocycles. The summed E-state index contributed by atoms with van der Waals surface area (Å²) in [6, 6.07) is 0. The van der Waals surface area contributed by atoms with E-state index in [1.165, 1.54) is 10.3 Å². The Bertz CT molecular complexity index is 232. The van der Waals surface area contributed by atoms with Crippen molar-refractivity contribution < 1.29 is 13.5 Å². The normalized spacial score (nSPS) is 13.8. The highest BCUT2D eigenvalue weighted by molar-refractivity contribution is 7.96. The van der Waals surface area contributed by atoms with E-state index in [4.69, 9.17) is 5.11 Å². The van der Waals surface area contributed by atoms with Crippen LogP contribution in [0.3, 0.4) is 0 Å². The highest BCUT2D eigenvalue weighted by atomic mass is 32.2. The van der Waals surface area contributed by atoms with Gasteiger partial charge in [0.25, 0.3) is 0 Å². The number of hydrogen-bond acceptors (Lipinski definition) is 3. The third-order valence-corrected chi connectivity index (χ3v) is 6.19. The van der Waals surface area contributed by atoms with Crippen LogP contribution in [-0.4, -0.2) is 57.0 Å². The lowest BCUT2D eigenvalue weighted by atomic mass is 10.8. The van der Waals surface area contributed by atoms with Gasteiger partial charge in [0.2, 0.25) is 10.0 Å². The van der Waals surface area contributed by atoms with Crippen LogP contribution in [0.4, 0.5) is 0 Å². The molecule has 6 heteroatoms. The topological polar surface area (TPSA) is 57.6 Å². The van der Waals surface area contributed by atoms with Gasteiger partial charge in [0.05, 0.1) is 46.8 Å². The maximum atomic E-state index is 11.2. The molecule has 0 unspecified atom stereocenters. The number of aliphatic hydroxyl groups excluding tert-OH is 1. The Morgan fingerprint density at radius 3 is 1.83 bits per heavy atom. The van der Waals surface area contributed by atoms with E-state index < -0.39 is 17.4 Å². The highest BCUT2D eigenvalue weighted by Crippen LogP contribution is 2.51. The molecule has 0 fully saturated rings. The summed E-state index contributed by atoms with van der Waals surface area (Å²) in [5.41, 5.74) is 0. The fourth-order valence-corrected chi connectivity index (χ4v) is 5.66. The van der Waals surface area contributed by atoms with E-state index in [0.29, 0.717) is 0 Å². The second-order valence-electron chi connectivity index (χ2n) is 3.47. The first-order valence-electron chi connectivity index (χ1n) is 3.60. The summed E-state index contributed by atoms with van der Waals surface area (Å²) >= 11 is 0. The minimum absolute atomic E-state index is 0.121. The van der Waals surface area contributed by atoms with E-state index in [9.17, 15) is 8.42 Å². The molecule has 0 aliphatic rings. The summed E-state index contributed by atoms with van der Waals surface area (Å²) in [6.45, 7) is 5.80. The van der Waals surface area contributed by atoms with E-state index in [1.807, 2.05) is 20.0 Å². The van der Waals surface area contributed by atoms with Gasteiger partial charge in [-0.2, -0.15) is 0 Å². The van der Waals surface area contributed by atoms with E-state index >= 15 is 0 Å². The minimum Gasteiger partial charge on any atom is -0.395 e. The molecular formula is C6H17NO3PS+. The third kappa shape index (κ3) is 3.81. The summed E-state index contributed by atoms with van der Waals surface area (Å²) in [6.07, 6.45) is 1.17. The molecule has 0 rings (SSSR count). The summed E-state index contributed by atoms with van der Waals surface area (Å²) in [7, 11) is -4.74. The Morgan fingerprint density at radius 2 is 1.75 bits per heavy atom. The van der Waals surface area contributed by atoms with Crippen molar-refractivity contribution in [1.82, 2.24) is 4.08 Å². The summed E-state index contributed by atoms with van der Waals surface area (Å²) in [5.74, 6) is 0. The summed E-state index contributed by atoms with van der Waals surface area (Å²) < 4.78 is 23.8. The van der Waals surface area contributed by atoms with Crippen molar-refractivity contribution in [3.8, 4) is 0 Å². The molecule has 0 radical (unpaired) electrons. The van der Waals surface area contributed by atoms with Gasteiger partial charge in [0.1, 0.15) is 0 Å². The zero-order valence-electron chi connectivity index (χ0n) is 7.98. The fraction of sp³-hybridized carbons (Fsp3) is 1.00. The summed E-state index contributed by atoms with van der Waals surface area (Å²) in [4.78, 5) is 0. The van der Waals surface area contributed by atoms with Crippen molar-refractivity contribution >= 4 is 17.4 Å². The Kier molecular flexibility index (Phi) is 4.11. The lowest BCUT2D eigenvalue weighted by Crippen LogP contribution is -2.31. The molecular weight excluding hydrogens is 197 g/mol. The highest BCUT2D eigenvalue weighted by Gasteiger charge is 2.35. The maximum Gasteiger partial charge on any atom is 0.240 e. The van der Waals surface area contributed by atoms with E-state index in [2.05, 4.69) is 0 Å². The molecule has 0 atom stereocenters. The molecule has 4 nitrogen and oxygen atoms in total. The van der Waals surface area contributed by atoms with Crippen LogP contribution in [0, 0.1) is 0 Å². The molecule has 0 aliphatic heterocycles. The minimum atomic E-state index is -3.16. The average Bonchev–Trinajstić information content (AvgIpc) is 1.77. The molecule has 0 aromatic carbocycles. The van der Waals surface area contributed by atoms with Gasteiger partial charge in [-0.05, 0) is 0 Å². The van der Waals surface area contributed by atoms with Crippen molar-refractivity contribution in [2.75, 3.05) is 39.4 Å². The van der Waals surface area contributed by atoms with Crippen LogP contribution in [0.25, 0.3) is 0 Å². The molecule has 1 N–H and O–H groups in total. The van der Waals surface area contributed by atoms with E-state index in [1.54, 1.807) is 0 Å². The number of aliphatic hydroxyl groups is 1. The monoisotopic (exact) mass is 214 g/mol. The van der Waals surface area contributed by atoms with Crippen molar-refractivity contribution in [1.29, 1.82) is 0 Å². The van der Waals surface area contributed by atoms with E-state index in [-0.39, 0.29) is 13.2 Å².